The van der Waals surface area contributed by atoms with E-state index in [-0.39, 0.29) is 18.5 Å². The lowest BCUT2D eigenvalue weighted by molar-refractivity contribution is -0.137. The zero-order valence-electron chi connectivity index (χ0n) is 16.5. The molecule has 3 N–H and O–H groups in total. The van der Waals surface area contributed by atoms with Gasteiger partial charge in [0.15, 0.2) is 0 Å². The van der Waals surface area contributed by atoms with Gasteiger partial charge >= 0.3 is 12.0 Å². The van der Waals surface area contributed by atoms with Crippen molar-refractivity contribution in [2.75, 3.05) is 19.6 Å². The predicted octanol–water partition coefficient (Wildman–Crippen LogP) is 2.88. The molecule has 1 aliphatic heterocycles. The molecule has 2 rings (SSSR count). The Hall–Kier alpha value is -2.08. The van der Waals surface area contributed by atoms with Gasteiger partial charge in [0.25, 0.3) is 0 Å². The number of aliphatic carboxylic acids is 1. The highest BCUT2D eigenvalue weighted by Crippen LogP contribution is 2.17. The first-order valence-electron chi connectivity index (χ1n) is 9.98. The molecule has 1 aromatic rings. The molecule has 3 unspecified atom stereocenters. The number of hydrogen-bond acceptors (Lipinski definition) is 3. The highest BCUT2D eigenvalue weighted by molar-refractivity contribution is 5.74. The first-order valence-corrected chi connectivity index (χ1v) is 9.98. The van der Waals surface area contributed by atoms with Gasteiger partial charge in [0.1, 0.15) is 0 Å². The maximum absolute atomic E-state index is 12.4. The van der Waals surface area contributed by atoms with Crippen LogP contribution in [0.5, 0.6) is 0 Å². The summed E-state index contributed by atoms with van der Waals surface area (Å²) in [5, 5.41) is 14.9. The van der Waals surface area contributed by atoms with Gasteiger partial charge in [-0.05, 0) is 50.6 Å². The molecule has 0 aromatic heterocycles. The van der Waals surface area contributed by atoms with Gasteiger partial charge in [-0.3, -0.25) is 9.69 Å². The Bertz CT molecular complexity index is 594. The summed E-state index contributed by atoms with van der Waals surface area (Å²) in [6, 6.07) is 9.70. The standard InChI is InChI=1S/C21H33N3O3/c1-16-7-6-12-24(15-16)17(2)14-22-21(27)23-19(10-11-20(25)26)13-18-8-4-3-5-9-18/h3-5,8-9,16-17,19H,6-7,10-15H2,1-2H3,(H,25,26)(H2,22,23,27). The van der Waals surface area contributed by atoms with Crippen molar-refractivity contribution in [1.29, 1.82) is 0 Å². The van der Waals surface area contributed by atoms with Crippen molar-refractivity contribution < 1.29 is 14.7 Å². The summed E-state index contributed by atoms with van der Waals surface area (Å²) in [5.74, 6) is -0.135. The van der Waals surface area contributed by atoms with E-state index in [1.165, 1.54) is 12.8 Å². The topological polar surface area (TPSA) is 81.7 Å². The van der Waals surface area contributed by atoms with Gasteiger partial charge in [0.2, 0.25) is 0 Å². The van der Waals surface area contributed by atoms with Crippen LogP contribution in [0.25, 0.3) is 0 Å². The fourth-order valence-electron chi connectivity index (χ4n) is 3.65. The number of carbonyl (C=O) groups excluding carboxylic acids is 1. The molecule has 0 radical (unpaired) electrons. The molecule has 1 heterocycles. The third-order valence-electron chi connectivity index (χ3n) is 5.24. The number of benzene rings is 1. The van der Waals surface area contributed by atoms with Crippen molar-refractivity contribution in [1.82, 2.24) is 15.5 Å². The first kappa shape index (κ1) is 21.2. The van der Waals surface area contributed by atoms with Gasteiger partial charge in [-0.1, -0.05) is 37.3 Å². The van der Waals surface area contributed by atoms with E-state index in [1.54, 1.807) is 0 Å². The second kappa shape index (κ2) is 10.9. The normalized spacial score (nSPS) is 19.9. The Kier molecular flexibility index (Phi) is 8.58. The van der Waals surface area contributed by atoms with E-state index in [0.717, 1.165) is 18.7 Å². The van der Waals surface area contributed by atoms with Gasteiger partial charge in [0, 0.05) is 31.6 Å². The number of rotatable bonds is 9. The second-order valence-corrected chi connectivity index (χ2v) is 7.76. The molecule has 6 nitrogen and oxygen atoms in total. The Labute approximate surface area is 162 Å². The van der Waals surface area contributed by atoms with Gasteiger partial charge in [-0.15, -0.1) is 0 Å². The summed E-state index contributed by atoms with van der Waals surface area (Å²) in [4.78, 5) is 25.7. The smallest absolute Gasteiger partial charge is 0.315 e. The fraction of sp³-hybridized carbons (Fsp3) is 0.619. The molecule has 1 fully saturated rings. The van der Waals surface area contributed by atoms with Crippen LogP contribution < -0.4 is 10.6 Å². The molecule has 2 amide bonds. The van der Waals surface area contributed by atoms with E-state index in [2.05, 4.69) is 29.4 Å². The van der Waals surface area contributed by atoms with E-state index in [0.29, 0.717) is 31.3 Å². The number of carbonyl (C=O) groups is 2. The Morgan fingerprint density at radius 2 is 2.04 bits per heavy atom. The summed E-state index contributed by atoms with van der Waals surface area (Å²) < 4.78 is 0. The molecular formula is C21H33N3O3. The largest absolute Gasteiger partial charge is 0.481 e. The molecular weight excluding hydrogens is 342 g/mol. The van der Waals surface area contributed by atoms with Crippen molar-refractivity contribution in [2.45, 2.75) is 58.0 Å². The van der Waals surface area contributed by atoms with Crippen LogP contribution in [0, 0.1) is 5.92 Å². The maximum Gasteiger partial charge on any atom is 0.315 e. The van der Waals surface area contributed by atoms with Crippen LogP contribution in [0.1, 0.15) is 45.1 Å². The van der Waals surface area contributed by atoms with Crippen molar-refractivity contribution >= 4 is 12.0 Å². The van der Waals surface area contributed by atoms with Crippen LogP contribution in [-0.2, 0) is 11.2 Å². The van der Waals surface area contributed by atoms with Crippen LogP contribution in [0.15, 0.2) is 30.3 Å². The molecule has 1 saturated heterocycles. The Balaban J connectivity index is 1.81. The monoisotopic (exact) mass is 375 g/mol. The molecule has 0 spiro atoms. The van der Waals surface area contributed by atoms with E-state index in [1.807, 2.05) is 30.3 Å². The van der Waals surface area contributed by atoms with Crippen molar-refractivity contribution in [3.8, 4) is 0 Å². The molecule has 1 aromatic carbocycles. The second-order valence-electron chi connectivity index (χ2n) is 7.76. The summed E-state index contributed by atoms with van der Waals surface area (Å²) in [6.45, 7) is 7.18. The van der Waals surface area contributed by atoms with Crippen LogP contribution in [0.4, 0.5) is 4.79 Å². The quantitative estimate of drug-likeness (QED) is 0.620. The molecule has 1 aliphatic rings. The molecule has 27 heavy (non-hydrogen) atoms. The number of carboxylic acid groups (broad SMARTS) is 1. The number of amides is 2. The molecule has 0 saturated carbocycles. The summed E-state index contributed by atoms with van der Waals surface area (Å²) in [7, 11) is 0. The Morgan fingerprint density at radius 1 is 1.30 bits per heavy atom. The highest BCUT2D eigenvalue weighted by atomic mass is 16.4. The number of hydrogen-bond donors (Lipinski definition) is 3. The van der Waals surface area contributed by atoms with Crippen LogP contribution in [0.3, 0.4) is 0 Å². The van der Waals surface area contributed by atoms with Gasteiger partial charge in [-0.25, -0.2) is 4.79 Å². The van der Waals surface area contributed by atoms with Gasteiger partial charge in [-0.2, -0.15) is 0 Å². The summed E-state index contributed by atoms with van der Waals surface area (Å²) >= 11 is 0. The summed E-state index contributed by atoms with van der Waals surface area (Å²) in [5.41, 5.74) is 1.09. The van der Waals surface area contributed by atoms with E-state index >= 15 is 0 Å². The number of likely N-dealkylation sites (tertiary alicyclic amines) is 1. The zero-order chi connectivity index (χ0) is 19.6. The van der Waals surface area contributed by atoms with Crippen LogP contribution >= 0.6 is 0 Å². The zero-order valence-corrected chi connectivity index (χ0v) is 16.5. The average Bonchev–Trinajstić information content (AvgIpc) is 2.65. The van der Waals surface area contributed by atoms with Crippen LogP contribution in [-0.4, -0.2) is 53.7 Å². The van der Waals surface area contributed by atoms with E-state index in [9.17, 15) is 9.59 Å². The minimum atomic E-state index is -0.844. The molecule has 6 heteroatoms. The number of carboxylic acids is 1. The average molecular weight is 376 g/mol. The maximum atomic E-state index is 12.4. The number of piperidine rings is 1. The number of nitrogens with one attached hydrogen (secondary N) is 2. The van der Waals surface area contributed by atoms with Crippen molar-refractivity contribution in [3.05, 3.63) is 35.9 Å². The predicted molar refractivity (Wildman–Crippen MR) is 107 cm³/mol. The highest BCUT2D eigenvalue weighted by Gasteiger charge is 2.21. The third kappa shape index (κ3) is 7.99. The third-order valence-corrected chi connectivity index (χ3v) is 5.24. The van der Waals surface area contributed by atoms with Crippen molar-refractivity contribution in [3.63, 3.8) is 0 Å². The fourth-order valence-corrected chi connectivity index (χ4v) is 3.65. The van der Waals surface area contributed by atoms with Crippen LogP contribution in [0.2, 0.25) is 0 Å². The lowest BCUT2D eigenvalue weighted by atomic mass is 9.99. The van der Waals surface area contributed by atoms with E-state index in [4.69, 9.17) is 5.11 Å². The summed E-state index contributed by atoms with van der Waals surface area (Å²) in [6.07, 6.45) is 3.57. The van der Waals surface area contributed by atoms with Gasteiger partial charge in [0.05, 0.1) is 0 Å². The lowest BCUT2D eigenvalue weighted by Crippen LogP contribution is -2.50. The van der Waals surface area contributed by atoms with Crippen molar-refractivity contribution in [2.24, 2.45) is 5.92 Å². The molecule has 0 aliphatic carbocycles. The molecule has 3 atom stereocenters. The Morgan fingerprint density at radius 3 is 2.70 bits per heavy atom. The first-order chi connectivity index (χ1) is 12.9. The number of nitrogens with zero attached hydrogens (tertiary/aromatic N) is 1. The SMILES string of the molecule is CC1CCCN(C(C)CNC(=O)NC(CCC(=O)O)Cc2ccccc2)C1. The van der Waals surface area contributed by atoms with E-state index < -0.39 is 5.97 Å². The number of urea groups is 1. The minimum absolute atomic E-state index is 0.0415. The van der Waals surface area contributed by atoms with Gasteiger partial charge < -0.3 is 15.7 Å². The molecule has 150 valence electrons. The molecule has 0 bridgehead atoms. The minimum Gasteiger partial charge on any atom is -0.481 e. The lowest BCUT2D eigenvalue weighted by Gasteiger charge is -2.35.